The van der Waals surface area contributed by atoms with Crippen LogP contribution >= 0.6 is 0 Å². The van der Waals surface area contributed by atoms with Crippen molar-refractivity contribution in [3.8, 4) is 23.6 Å². The number of nitriles is 2. The van der Waals surface area contributed by atoms with Crippen molar-refractivity contribution < 1.29 is 13.9 Å². The van der Waals surface area contributed by atoms with Gasteiger partial charge in [-0.05, 0) is 48.4 Å². The zero-order valence-electron chi connectivity index (χ0n) is 13.1. The normalized spacial score (nSPS) is 9.50. The van der Waals surface area contributed by atoms with Crippen LogP contribution in [0.1, 0.15) is 18.1 Å². The molecule has 0 saturated carbocycles. The number of hydrogen-bond acceptors (Lipinski definition) is 4. The highest BCUT2D eigenvalue weighted by atomic mass is 19.1. The number of nitrogens with zero attached hydrogens (tertiary/aromatic N) is 2. The molecule has 0 unspecified atom stereocenters. The summed E-state index contributed by atoms with van der Waals surface area (Å²) in [6.07, 6.45) is 1.47. The fourth-order valence-corrected chi connectivity index (χ4v) is 2.05. The highest BCUT2D eigenvalue weighted by Crippen LogP contribution is 2.30. The van der Waals surface area contributed by atoms with Crippen LogP contribution in [0.25, 0.3) is 6.08 Å². The minimum atomic E-state index is -0.317. The fourth-order valence-electron chi connectivity index (χ4n) is 2.05. The Balaban J connectivity index is 2.22. The van der Waals surface area contributed by atoms with E-state index in [1.807, 2.05) is 19.1 Å². The van der Waals surface area contributed by atoms with Gasteiger partial charge in [0.05, 0.1) is 6.61 Å². The van der Waals surface area contributed by atoms with E-state index >= 15 is 0 Å². The fraction of sp³-hybridized carbons (Fsp3) is 0.158. The van der Waals surface area contributed by atoms with Crippen LogP contribution in [0.5, 0.6) is 11.5 Å². The third-order valence-corrected chi connectivity index (χ3v) is 3.10. The van der Waals surface area contributed by atoms with E-state index in [0.29, 0.717) is 29.2 Å². The van der Waals surface area contributed by atoms with Crippen molar-refractivity contribution in [1.82, 2.24) is 0 Å². The highest BCUT2D eigenvalue weighted by molar-refractivity contribution is 5.64. The van der Waals surface area contributed by atoms with E-state index in [-0.39, 0.29) is 18.0 Å². The Hall–Kier alpha value is -3.31. The summed E-state index contributed by atoms with van der Waals surface area (Å²) in [6.45, 7) is 2.48. The maximum Gasteiger partial charge on any atom is 0.161 e. The van der Waals surface area contributed by atoms with Crippen LogP contribution in [0, 0.1) is 28.5 Å². The van der Waals surface area contributed by atoms with E-state index in [0.717, 1.165) is 0 Å². The number of allylic oxidation sites excluding steroid dienone is 1. The van der Waals surface area contributed by atoms with Crippen LogP contribution in [-0.4, -0.2) is 6.61 Å². The zero-order chi connectivity index (χ0) is 17.4. The molecule has 2 aromatic carbocycles. The summed E-state index contributed by atoms with van der Waals surface area (Å²) in [7, 11) is 0. The van der Waals surface area contributed by atoms with Gasteiger partial charge in [-0.25, -0.2) is 4.39 Å². The number of halogens is 1. The lowest BCUT2D eigenvalue weighted by Crippen LogP contribution is -2.00. The minimum absolute atomic E-state index is 0.00544. The molecule has 0 N–H and O–H groups in total. The van der Waals surface area contributed by atoms with Crippen LogP contribution in [-0.2, 0) is 6.61 Å². The van der Waals surface area contributed by atoms with Crippen molar-refractivity contribution in [2.24, 2.45) is 0 Å². The molecule has 0 heterocycles. The summed E-state index contributed by atoms with van der Waals surface area (Å²) < 4.78 is 24.4. The number of benzene rings is 2. The van der Waals surface area contributed by atoms with Crippen molar-refractivity contribution in [1.29, 1.82) is 10.5 Å². The molecule has 0 radical (unpaired) electrons. The van der Waals surface area contributed by atoms with E-state index in [4.69, 9.17) is 20.0 Å². The first-order valence-corrected chi connectivity index (χ1v) is 7.32. The lowest BCUT2D eigenvalue weighted by Gasteiger charge is -2.13. The van der Waals surface area contributed by atoms with Crippen molar-refractivity contribution >= 4 is 6.08 Å². The molecule has 24 heavy (non-hydrogen) atoms. The maximum atomic E-state index is 13.2. The molecule has 0 aliphatic heterocycles. The van der Waals surface area contributed by atoms with Gasteiger partial charge in [0.2, 0.25) is 0 Å². The van der Waals surface area contributed by atoms with Crippen LogP contribution in [0.4, 0.5) is 4.39 Å². The lowest BCUT2D eigenvalue weighted by atomic mass is 10.1. The number of rotatable bonds is 6. The van der Waals surface area contributed by atoms with Gasteiger partial charge in [0.1, 0.15) is 30.1 Å². The van der Waals surface area contributed by atoms with Gasteiger partial charge >= 0.3 is 0 Å². The molecule has 0 amide bonds. The van der Waals surface area contributed by atoms with Gasteiger partial charge < -0.3 is 9.47 Å². The van der Waals surface area contributed by atoms with Gasteiger partial charge in [0, 0.05) is 0 Å². The molecule has 0 spiro atoms. The van der Waals surface area contributed by atoms with Gasteiger partial charge in [0.25, 0.3) is 0 Å². The lowest BCUT2D eigenvalue weighted by molar-refractivity contribution is 0.269. The molecule has 0 saturated heterocycles. The van der Waals surface area contributed by atoms with Crippen LogP contribution in [0.3, 0.4) is 0 Å². The predicted molar refractivity (Wildman–Crippen MR) is 87.5 cm³/mol. The first kappa shape index (κ1) is 17.1. The molecule has 4 nitrogen and oxygen atoms in total. The third kappa shape index (κ3) is 4.59. The van der Waals surface area contributed by atoms with Crippen molar-refractivity contribution in [3.05, 3.63) is 65.0 Å². The summed E-state index contributed by atoms with van der Waals surface area (Å²) in [5.74, 6) is 0.689. The van der Waals surface area contributed by atoms with E-state index in [1.165, 1.54) is 18.2 Å². The van der Waals surface area contributed by atoms with Crippen LogP contribution in [0.2, 0.25) is 0 Å². The average Bonchev–Trinajstić information content (AvgIpc) is 2.59. The molecule has 0 aromatic heterocycles. The van der Waals surface area contributed by atoms with Gasteiger partial charge in [-0.15, -0.1) is 0 Å². The summed E-state index contributed by atoms with van der Waals surface area (Å²) in [5.41, 5.74) is 1.37. The SMILES string of the molecule is CCOc1cc(C=C(C#N)C#N)ccc1OCc1cccc(F)c1. The molecular weight excluding hydrogens is 307 g/mol. The van der Waals surface area contributed by atoms with E-state index in [1.54, 1.807) is 30.3 Å². The summed E-state index contributed by atoms with van der Waals surface area (Å²) in [4.78, 5) is 0. The molecular formula is C19H15FN2O2. The third-order valence-electron chi connectivity index (χ3n) is 3.10. The Morgan fingerprint density at radius 1 is 1.08 bits per heavy atom. The van der Waals surface area contributed by atoms with Crippen molar-refractivity contribution in [2.45, 2.75) is 13.5 Å². The monoisotopic (exact) mass is 322 g/mol. The molecule has 2 rings (SSSR count). The predicted octanol–water partition coefficient (Wildman–Crippen LogP) is 4.23. The van der Waals surface area contributed by atoms with Gasteiger partial charge in [-0.1, -0.05) is 18.2 Å². The van der Waals surface area contributed by atoms with Gasteiger partial charge in [-0.2, -0.15) is 10.5 Å². The second kappa shape index (κ2) is 8.36. The second-order valence-electron chi connectivity index (χ2n) is 4.84. The zero-order valence-corrected chi connectivity index (χ0v) is 13.1. The Morgan fingerprint density at radius 3 is 2.54 bits per heavy atom. The quantitative estimate of drug-likeness (QED) is 0.746. The number of hydrogen-bond donors (Lipinski definition) is 0. The van der Waals surface area contributed by atoms with Crippen molar-refractivity contribution in [2.75, 3.05) is 6.61 Å². The average molecular weight is 322 g/mol. The van der Waals surface area contributed by atoms with Gasteiger partial charge in [-0.3, -0.25) is 0 Å². The highest BCUT2D eigenvalue weighted by Gasteiger charge is 2.07. The molecule has 0 atom stereocenters. The second-order valence-corrected chi connectivity index (χ2v) is 4.84. The number of ether oxygens (including phenoxy) is 2. The summed E-state index contributed by atoms with van der Waals surface area (Å²) >= 11 is 0. The van der Waals surface area contributed by atoms with E-state index < -0.39 is 0 Å². The molecule has 0 bridgehead atoms. The van der Waals surface area contributed by atoms with Gasteiger partial charge in [0.15, 0.2) is 11.5 Å². The molecule has 0 aliphatic rings. The van der Waals surface area contributed by atoms with E-state index in [2.05, 4.69) is 0 Å². The molecule has 120 valence electrons. The Kier molecular flexibility index (Phi) is 5.94. The molecule has 5 heteroatoms. The van der Waals surface area contributed by atoms with Crippen LogP contribution in [0.15, 0.2) is 48.0 Å². The summed E-state index contributed by atoms with van der Waals surface area (Å²) in [5, 5.41) is 17.6. The smallest absolute Gasteiger partial charge is 0.161 e. The summed E-state index contributed by atoms with van der Waals surface area (Å²) in [6, 6.07) is 14.9. The topological polar surface area (TPSA) is 66.0 Å². The Labute approximate surface area is 140 Å². The van der Waals surface area contributed by atoms with Crippen LogP contribution < -0.4 is 9.47 Å². The first-order valence-electron chi connectivity index (χ1n) is 7.32. The molecule has 0 aliphatic carbocycles. The maximum absolute atomic E-state index is 13.2. The minimum Gasteiger partial charge on any atom is -0.490 e. The molecule has 2 aromatic rings. The first-order chi connectivity index (χ1) is 11.7. The standard InChI is InChI=1S/C19H15FN2O2/c1-2-23-19-10-14(8-16(11-21)12-22)6-7-18(19)24-13-15-4-3-5-17(20)9-15/h3-10H,2,13H2,1H3. The Morgan fingerprint density at radius 2 is 1.88 bits per heavy atom. The molecule has 0 fully saturated rings. The largest absolute Gasteiger partial charge is 0.490 e. The van der Waals surface area contributed by atoms with Crippen molar-refractivity contribution in [3.63, 3.8) is 0 Å². The van der Waals surface area contributed by atoms with E-state index in [9.17, 15) is 4.39 Å². The Bertz CT molecular complexity index is 816.